The van der Waals surface area contributed by atoms with Gasteiger partial charge in [-0.25, -0.2) is 13.2 Å². The van der Waals surface area contributed by atoms with Gasteiger partial charge in [-0.05, 0) is 42.8 Å². The number of carbonyl (C=O) groups is 1. The largest absolute Gasteiger partial charge is 0.338 e. The second-order valence-electron chi connectivity index (χ2n) is 6.23. The van der Waals surface area contributed by atoms with Crippen LogP contribution in [0, 0.1) is 0 Å². The molecule has 2 aromatic rings. The van der Waals surface area contributed by atoms with Crippen molar-refractivity contribution in [2.75, 3.05) is 18.4 Å². The summed E-state index contributed by atoms with van der Waals surface area (Å²) in [5.74, 6) is 0. The molecule has 140 valence electrons. The summed E-state index contributed by atoms with van der Waals surface area (Å²) >= 11 is 1.25. The summed E-state index contributed by atoms with van der Waals surface area (Å²) in [6.45, 7) is 0.973. The average molecular weight is 394 g/mol. The van der Waals surface area contributed by atoms with Crippen molar-refractivity contribution in [2.45, 2.75) is 35.9 Å². The van der Waals surface area contributed by atoms with Gasteiger partial charge in [0.25, 0.3) is 10.0 Å². The number of nitrogens with one attached hydrogen (secondary N) is 2. The van der Waals surface area contributed by atoms with E-state index in [-0.39, 0.29) is 12.1 Å². The zero-order chi connectivity index (χ0) is 18.4. The molecule has 2 heterocycles. The molecule has 1 fully saturated rings. The van der Waals surface area contributed by atoms with Crippen LogP contribution in [0.2, 0.25) is 0 Å². The van der Waals surface area contributed by atoms with E-state index in [1.54, 1.807) is 21.8 Å². The minimum Gasteiger partial charge on any atom is -0.338 e. The van der Waals surface area contributed by atoms with Crippen molar-refractivity contribution in [3.05, 3.63) is 47.8 Å². The second-order valence-corrected chi connectivity index (χ2v) is 9.30. The smallest absolute Gasteiger partial charge is 0.319 e. The number of thiophene rings is 1. The highest BCUT2D eigenvalue weighted by Gasteiger charge is 2.33. The third-order valence-corrected chi connectivity index (χ3v) is 7.75. The van der Waals surface area contributed by atoms with Crippen molar-refractivity contribution in [3.63, 3.8) is 0 Å². The molecule has 1 aliphatic heterocycles. The van der Waals surface area contributed by atoms with Crippen molar-refractivity contribution in [1.82, 2.24) is 9.62 Å². The quantitative estimate of drug-likeness (QED) is 0.788. The Morgan fingerprint density at radius 1 is 1.15 bits per heavy atom. The van der Waals surface area contributed by atoms with Gasteiger partial charge in [0.2, 0.25) is 0 Å². The zero-order valence-electron chi connectivity index (χ0n) is 14.4. The molecule has 2 amide bonds. The van der Waals surface area contributed by atoms with E-state index < -0.39 is 10.0 Å². The Labute approximate surface area is 158 Å². The van der Waals surface area contributed by atoms with Gasteiger partial charge in [0.1, 0.15) is 4.21 Å². The first-order chi connectivity index (χ1) is 12.6. The van der Waals surface area contributed by atoms with E-state index in [1.165, 1.54) is 11.3 Å². The van der Waals surface area contributed by atoms with Crippen molar-refractivity contribution >= 4 is 33.1 Å². The lowest BCUT2D eigenvalue weighted by Crippen LogP contribution is -2.45. The number of nitrogens with zero attached hydrogens (tertiary/aromatic N) is 1. The molecule has 26 heavy (non-hydrogen) atoms. The number of rotatable bonds is 6. The number of amides is 2. The minimum absolute atomic E-state index is 0.0760. The van der Waals surface area contributed by atoms with Gasteiger partial charge in [-0.3, -0.25) is 0 Å². The lowest BCUT2D eigenvalue weighted by atomic mass is 10.0. The zero-order valence-corrected chi connectivity index (χ0v) is 16.1. The first-order valence-electron chi connectivity index (χ1n) is 8.72. The van der Waals surface area contributed by atoms with Gasteiger partial charge in [0.05, 0.1) is 0 Å². The SMILES string of the molecule is O=C(NCC[C@@H]1CCCCN1S(=O)(=O)c1cccs1)Nc1ccccc1. The van der Waals surface area contributed by atoms with Crippen molar-refractivity contribution < 1.29 is 13.2 Å². The normalized spacial score (nSPS) is 18.4. The predicted octanol–water partition coefficient (Wildman–Crippen LogP) is 3.50. The first-order valence-corrected chi connectivity index (χ1v) is 11.0. The molecule has 0 saturated carbocycles. The van der Waals surface area contributed by atoms with E-state index in [9.17, 15) is 13.2 Å². The van der Waals surface area contributed by atoms with E-state index in [0.29, 0.717) is 23.7 Å². The van der Waals surface area contributed by atoms with Crippen LogP contribution in [0.1, 0.15) is 25.7 Å². The van der Waals surface area contributed by atoms with Crippen LogP contribution in [0.15, 0.2) is 52.1 Å². The molecule has 0 radical (unpaired) electrons. The monoisotopic (exact) mass is 393 g/mol. The number of urea groups is 1. The van der Waals surface area contributed by atoms with Crippen molar-refractivity contribution in [3.8, 4) is 0 Å². The fourth-order valence-electron chi connectivity index (χ4n) is 3.15. The van der Waals surface area contributed by atoms with Gasteiger partial charge in [-0.2, -0.15) is 4.31 Å². The third-order valence-electron chi connectivity index (χ3n) is 4.43. The summed E-state index contributed by atoms with van der Waals surface area (Å²) in [5.41, 5.74) is 0.726. The molecule has 2 N–H and O–H groups in total. The van der Waals surface area contributed by atoms with Crippen LogP contribution in [0.5, 0.6) is 0 Å². The molecule has 0 spiro atoms. The predicted molar refractivity (Wildman–Crippen MR) is 104 cm³/mol. The van der Waals surface area contributed by atoms with Gasteiger partial charge >= 0.3 is 6.03 Å². The Morgan fingerprint density at radius 3 is 2.69 bits per heavy atom. The molecule has 3 rings (SSSR count). The van der Waals surface area contributed by atoms with E-state index in [0.717, 1.165) is 24.9 Å². The lowest BCUT2D eigenvalue weighted by Gasteiger charge is -2.34. The number of benzene rings is 1. The number of para-hydroxylation sites is 1. The fraction of sp³-hybridized carbons (Fsp3) is 0.389. The highest BCUT2D eigenvalue weighted by molar-refractivity contribution is 7.91. The Morgan fingerprint density at radius 2 is 1.96 bits per heavy atom. The molecule has 1 saturated heterocycles. The van der Waals surface area contributed by atoms with Gasteiger partial charge in [0.15, 0.2) is 0 Å². The molecule has 0 aliphatic carbocycles. The van der Waals surface area contributed by atoms with Crippen LogP contribution < -0.4 is 10.6 Å². The second kappa shape index (κ2) is 8.66. The maximum atomic E-state index is 12.8. The summed E-state index contributed by atoms with van der Waals surface area (Å²) in [4.78, 5) is 12.0. The van der Waals surface area contributed by atoms with Crippen LogP contribution >= 0.6 is 11.3 Å². The Hall–Kier alpha value is -1.90. The van der Waals surface area contributed by atoms with Crippen LogP contribution in [0.25, 0.3) is 0 Å². The number of hydrogen-bond donors (Lipinski definition) is 2. The van der Waals surface area contributed by atoms with Gasteiger partial charge in [-0.15, -0.1) is 11.3 Å². The minimum atomic E-state index is -3.44. The highest BCUT2D eigenvalue weighted by Crippen LogP contribution is 2.29. The Balaban J connectivity index is 1.55. The van der Waals surface area contributed by atoms with E-state index in [1.807, 2.05) is 30.3 Å². The molecule has 6 nitrogen and oxygen atoms in total. The number of piperidine rings is 1. The van der Waals surface area contributed by atoms with E-state index >= 15 is 0 Å². The lowest BCUT2D eigenvalue weighted by molar-refractivity contribution is 0.234. The average Bonchev–Trinajstić information content (AvgIpc) is 3.18. The third kappa shape index (κ3) is 4.63. The number of hydrogen-bond acceptors (Lipinski definition) is 4. The fourth-order valence-corrected chi connectivity index (χ4v) is 6.00. The highest BCUT2D eigenvalue weighted by atomic mass is 32.2. The molecular formula is C18H23N3O3S2. The number of sulfonamides is 1. The molecule has 1 aromatic carbocycles. The van der Waals surface area contributed by atoms with E-state index in [4.69, 9.17) is 0 Å². The molecular weight excluding hydrogens is 370 g/mol. The maximum Gasteiger partial charge on any atom is 0.319 e. The summed E-state index contributed by atoms with van der Waals surface area (Å²) in [5, 5.41) is 7.36. The Kier molecular flexibility index (Phi) is 6.29. The first kappa shape index (κ1) is 18.9. The summed E-state index contributed by atoms with van der Waals surface area (Å²) in [6, 6.07) is 12.3. The van der Waals surface area contributed by atoms with Crippen molar-refractivity contribution in [1.29, 1.82) is 0 Å². The molecule has 1 aromatic heterocycles. The van der Waals surface area contributed by atoms with Crippen LogP contribution in [-0.4, -0.2) is 37.9 Å². The summed E-state index contributed by atoms with van der Waals surface area (Å²) in [7, 11) is -3.44. The van der Waals surface area contributed by atoms with Crippen LogP contribution in [0.3, 0.4) is 0 Å². The summed E-state index contributed by atoms with van der Waals surface area (Å²) in [6.07, 6.45) is 3.32. The summed E-state index contributed by atoms with van der Waals surface area (Å²) < 4.78 is 27.7. The standard InChI is InChI=1S/C18H23N3O3S2/c22-18(20-15-7-2-1-3-8-15)19-12-11-16-9-4-5-13-21(16)26(23,24)17-10-6-14-25-17/h1-3,6-8,10,14,16H,4-5,9,11-13H2,(H2,19,20,22)/t16-/m0/s1. The van der Waals surface area contributed by atoms with E-state index in [2.05, 4.69) is 10.6 Å². The van der Waals surface area contributed by atoms with Gasteiger partial charge in [0, 0.05) is 24.8 Å². The molecule has 1 aliphatic rings. The number of carbonyl (C=O) groups excluding carboxylic acids is 1. The molecule has 0 unspecified atom stereocenters. The number of anilines is 1. The topological polar surface area (TPSA) is 78.5 Å². The maximum absolute atomic E-state index is 12.8. The molecule has 0 bridgehead atoms. The molecule has 8 heteroatoms. The van der Waals surface area contributed by atoms with Crippen LogP contribution in [-0.2, 0) is 10.0 Å². The Bertz CT molecular complexity index is 807. The van der Waals surface area contributed by atoms with Crippen LogP contribution in [0.4, 0.5) is 10.5 Å². The van der Waals surface area contributed by atoms with Crippen molar-refractivity contribution in [2.24, 2.45) is 0 Å². The van der Waals surface area contributed by atoms with Gasteiger partial charge in [-0.1, -0.05) is 30.7 Å². The van der Waals surface area contributed by atoms with Gasteiger partial charge < -0.3 is 10.6 Å². The molecule has 1 atom stereocenters.